The van der Waals surface area contributed by atoms with E-state index in [9.17, 15) is 0 Å². The molecular formula is C11H20BN. The average molecular weight is 177 g/mol. The summed E-state index contributed by atoms with van der Waals surface area (Å²) in [5.74, 6) is 0.596. The van der Waals surface area contributed by atoms with E-state index in [1.165, 1.54) is 12.4 Å². The highest BCUT2D eigenvalue weighted by Gasteiger charge is 1.94. The summed E-state index contributed by atoms with van der Waals surface area (Å²) in [5.41, 5.74) is 1.30. The second kappa shape index (κ2) is 11.2. The van der Waals surface area contributed by atoms with Gasteiger partial charge in [0.2, 0.25) is 0 Å². The number of nitrogens with zero attached hydrogens (tertiary/aromatic N) is 1. The lowest BCUT2D eigenvalue weighted by Gasteiger charge is -2.00. The van der Waals surface area contributed by atoms with Crippen LogP contribution in [0, 0.1) is 0 Å². The van der Waals surface area contributed by atoms with E-state index in [1.807, 2.05) is 26.1 Å². The molecule has 0 amide bonds. The number of rotatable bonds is 1. The minimum absolute atomic E-state index is 0.596. The van der Waals surface area contributed by atoms with Crippen molar-refractivity contribution in [2.24, 2.45) is 0 Å². The van der Waals surface area contributed by atoms with Crippen molar-refractivity contribution in [1.82, 2.24) is 4.98 Å². The van der Waals surface area contributed by atoms with Crippen molar-refractivity contribution in [1.29, 1.82) is 0 Å². The fraction of sp³-hybridized carbons (Fsp3) is 0.545. The molecule has 0 unspecified atom stereocenters. The number of pyridine rings is 1. The Kier molecular flexibility index (Phi) is 12.7. The third-order valence-electron chi connectivity index (χ3n) is 1.35. The number of hydrogen-bond donors (Lipinski definition) is 0. The van der Waals surface area contributed by atoms with Gasteiger partial charge in [-0.3, -0.25) is 4.98 Å². The van der Waals surface area contributed by atoms with E-state index in [0.29, 0.717) is 5.92 Å². The van der Waals surface area contributed by atoms with Crippen LogP contribution in [0.15, 0.2) is 24.5 Å². The standard InChI is InChI=1S/C8H11N.C2H6.CH3B/c1-7(2)8-4-3-5-9-6-8;2*1-2/h3-7H,1-2H3;1-2H3;1H3. The van der Waals surface area contributed by atoms with Crippen LogP contribution in [-0.4, -0.2) is 12.8 Å². The van der Waals surface area contributed by atoms with Gasteiger partial charge in [0.05, 0.1) is 7.85 Å². The Morgan fingerprint density at radius 1 is 1.23 bits per heavy atom. The third kappa shape index (κ3) is 7.57. The summed E-state index contributed by atoms with van der Waals surface area (Å²) in [7, 11) is 4.50. The average Bonchev–Trinajstić information content (AvgIpc) is 2.25. The van der Waals surface area contributed by atoms with E-state index in [0.717, 1.165) is 0 Å². The van der Waals surface area contributed by atoms with Crippen LogP contribution < -0.4 is 0 Å². The molecule has 0 bridgehead atoms. The summed E-state index contributed by atoms with van der Waals surface area (Å²) < 4.78 is 0. The highest BCUT2D eigenvalue weighted by Crippen LogP contribution is 2.10. The highest BCUT2D eigenvalue weighted by molar-refractivity contribution is 6.05. The van der Waals surface area contributed by atoms with Crippen LogP contribution >= 0.6 is 0 Å². The largest absolute Gasteiger partial charge is 0.264 e. The Labute approximate surface area is 84.0 Å². The van der Waals surface area contributed by atoms with Crippen LogP contribution in [-0.2, 0) is 0 Å². The van der Waals surface area contributed by atoms with Crippen LogP contribution in [0.1, 0.15) is 39.2 Å². The zero-order chi connectivity index (χ0) is 10.7. The van der Waals surface area contributed by atoms with Crippen LogP contribution in [0.3, 0.4) is 0 Å². The minimum Gasteiger partial charge on any atom is -0.264 e. The van der Waals surface area contributed by atoms with Gasteiger partial charge < -0.3 is 0 Å². The third-order valence-corrected chi connectivity index (χ3v) is 1.35. The molecule has 0 saturated carbocycles. The van der Waals surface area contributed by atoms with Gasteiger partial charge in [-0.05, 0) is 17.5 Å². The Balaban J connectivity index is 0. The first-order valence-electron chi connectivity index (χ1n) is 4.78. The van der Waals surface area contributed by atoms with Gasteiger partial charge in [-0.1, -0.05) is 40.6 Å². The summed E-state index contributed by atoms with van der Waals surface area (Å²) in [4.78, 5) is 4.01. The van der Waals surface area contributed by atoms with E-state index in [2.05, 4.69) is 32.7 Å². The van der Waals surface area contributed by atoms with Gasteiger partial charge in [0.15, 0.2) is 0 Å². The van der Waals surface area contributed by atoms with Crippen molar-refractivity contribution < 1.29 is 0 Å². The topological polar surface area (TPSA) is 12.9 Å². The predicted octanol–water partition coefficient (Wildman–Crippen LogP) is 3.43. The minimum atomic E-state index is 0.596. The molecule has 2 heteroatoms. The van der Waals surface area contributed by atoms with Gasteiger partial charge in [0.1, 0.15) is 0 Å². The molecule has 0 spiro atoms. The smallest absolute Gasteiger partial charge is 0.0606 e. The maximum Gasteiger partial charge on any atom is 0.0606 e. The molecular weight excluding hydrogens is 157 g/mol. The van der Waals surface area contributed by atoms with Gasteiger partial charge in [-0.2, -0.15) is 0 Å². The van der Waals surface area contributed by atoms with E-state index in [1.54, 1.807) is 6.20 Å². The molecule has 0 saturated heterocycles. The molecule has 0 aliphatic carbocycles. The molecule has 0 N–H and O–H groups in total. The van der Waals surface area contributed by atoms with E-state index >= 15 is 0 Å². The lowest BCUT2D eigenvalue weighted by Crippen LogP contribution is -1.85. The van der Waals surface area contributed by atoms with Gasteiger partial charge in [0, 0.05) is 12.4 Å². The molecule has 72 valence electrons. The van der Waals surface area contributed by atoms with E-state index in [-0.39, 0.29) is 0 Å². The molecule has 0 aliphatic rings. The lowest BCUT2D eigenvalue weighted by molar-refractivity contribution is 0.858. The van der Waals surface area contributed by atoms with Gasteiger partial charge >= 0.3 is 0 Å². The Bertz CT molecular complexity index is 173. The summed E-state index contributed by atoms with van der Waals surface area (Å²) in [5, 5.41) is 0. The second-order valence-electron chi connectivity index (χ2n) is 2.44. The van der Waals surface area contributed by atoms with Crippen molar-refractivity contribution in [2.75, 3.05) is 0 Å². The summed E-state index contributed by atoms with van der Waals surface area (Å²) >= 11 is 0. The van der Waals surface area contributed by atoms with Crippen molar-refractivity contribution in [3.8, 4) is 0 Å². The Morgan fingerprint density at radius 3 is 2.00 bits per heavy atom. The molecule has 1 rings (SSSR count). The predicted molar refractivity (Wildman–Crippen MR) is 61.3 cm³/mol. The summed E-state index contributed by atoms with van der Waals surface area (Å²) in [6, 6.07) is 4.06. The summed E-state index contributed by atoms with van der Waals surface area (Å²) in [6.07, 6.45) is 3.70. The molecule has 0 fully saturated rings. The first-order valence-corrected chi connectivity index (χ1v) is 4.78. The zero-order valence-electron chi connectivity index (χ0n) is 9.41. The first-order chi connectivity index (χ1) is 6.30. The zero-order valence-corrected chi connectivity index (χ0v) is 9.41. The van der Waals surface area contributed by atoms with Gasteiger partial charge in [0.25, 0.3) is 0 Å². The molecule has 0 aromatic carbocycles. The van der Waals surface area contributed by atoms with Crippen LogP contribution in [0.4, 0.5) is 0 Å². The summed E-state index contributed by atoms with van der Waals surface area (Å²) in [6.45, 7) is 9.83. The van der Waals surface area contributed by atoms with Crippen LogP contribution in [0.2, 0.25) is 6.82 Å². The Morgan fingerprint density at radius 2 is 1.77 bits per heavy atom. The SMILES string of the molecule is CC.CC(C)c1cccnc1.[B]C. The normalized spacial score (nSPS) is 7.85. The molecule has 1 heterocycles. The van der Waals surface area contributed by atoms with Crippen molar-refractivity contribution in [3.05, 3.63) is 30.1 Å². The molecule has 13 heavy (non-hydrogen) atoms. The van der Waals surface area contributed by atoms with E-state index in [4.69, 9.17) is 0 Å². The molecule has 1 aromatic heterocycles. The molecule has 0 atom stereocenters. The number of aromatic nitrogens is 1. The van der Waals surface area contributed by atoms with Crippen LogP contribution in [0.5, 0.6) is 0 Å². The maximum absolute atomic E-state index is 4.50. The maximum atomic E-state index is 4.50. The second-order valence-corrected chi connectivity index (χ2v) is 2.44. The van der Waals surface area contributed by atoms with Gasteiger partial charge in [-0.15, -0.1) is 0 Å². The number of hydrogen-bond acceptors (Lipinski definition) is 1. The molecule has 1 nitrogen and oxygen atoms in total. The quantitative estimate of drug-likeness (QED) is 0.598. The van der Waals surface area contributed by atoms with Crippen molar-refractivity contribution >= 4 is 7.85 Å². The fourth-order valence-electron chi connectivity index (χ4n) is 0.717. The lowest BCUT2D eigenvalue weighted by atomic mass is 10.1. The van der Waals surface area contributed by atoms with Gasteiger partial charge in [-0.25, -0.2) is 0 Å². The van der Waals surface area contributed by atoms with Crippen LogP contribution in [0.25, 0.3) is 0 Å². The molecule has 0 aliphatic heterocycles. The van der Waals surface area contributed by atoms with Crippen molar-refractivity contribution in [3.63, 3.8) is 0 Å². The molecule has 1 aromatic rings. The fourth-order valence-corrected chi connectivity index (χ4v) is 0.717. The first kappa shape index (κ1) is 14.7. The van der Waals surface area contributed by atoms with Crippen molar-refractivity contribution in [2.45, 2.75) is 40.4 Å². The Hall–Kier alpha value is -0.785. The highest BCUT2D eigenvalue weighted by atomic mass is 14.6. The monoisotopic (exact) mass is 177 g/mol. The van der Waals surface area contributed by atoms with E-state index < -0.39 is 0 Å². The molecule has 2 radical (unpaired) electrons.